The van der Waals surface area contributed by atoms with Crippen LogP contribution in [-0.4, -0.2) is 46.0 Å². The second-order valence-corrected chi connectivity index (χ2v) is 7.46. The van der Waals surface area contributed by atoms with E-state index in [1.807, 2.05) is 11.8 Å². The summed E-state index contributed by atoms with van der Waals surface area (Å²) in [5, 5.41) is 1.08. The molecule has 0 unspecified atom stereocenters. The third-order valence-corrected chi connectivity index (χ3v) is 5.30. The molecule has 0 aromatic carbocycles. The van der Waals surface area contributed by atoms with E-state index in [9.17, 15) is 13.2 Å². The van der Waals surface area contributed by atoms with Gasteiger partial charge in [0.1, 0.15) is 22.3 Å². The van der Waals surface area contributed by atoms with Gasteiger partial charge < -0.3 is 4.90 Å². The van der Waals surface area contributed by atoms with Crippen molar-refractivity contribution in [2.24, 2.45) is 0 Å². The number of rotatable bonds is 3. The molecular weight excluding hydrogens is 351 g/mol. The van der Waals surface area contributed by atoms with E-state index in [4.69, 9.17) is 0 Å². The van der Waals surface area contributed by atoms with Crippen LogP contribution in [0.1, 0.15) is 27.1 Å². The van der Waals surface area contributed by atoms with Gasteiger partial charge in [0.25, 0.3) is 0 Å². The molecule has 1 aliphatic heterocycles. The molecule has 1 saturated heterocycles. The van der Waals surface area contributed by atoms with Gasteiger partial charge in [-0.25, -0.2) is 15.0 Å². The highest BCUT2D eigenvalue weighted by atomic mass is 32.1. The molecule has 3 heterocycles. The summed E-state index contributed by atoms with van der Waals surface area (Å²) in [5.74, 6) is 0.487. The Balaban J connectivity index is 1.65. The molecular formula is C16H20F3N5S. The number of alkyl halides is 3. The summed E-state index contributed by atoms with van der Waals surface area (Å²) in [5.41, 5.74) is 0.181. The Kier molecular flexibility index (Phi) is 4.97. The average Bonchev–Trinajstić information content (AvgIpc) is 2.84. The van der Waals surface area contributed by atoms with Crippen molar-refractivity contribution in [2.45, 2.75) is 33.5 Å². The van der Waals surface area contributed by atoms with Gasteiger partial charge in [0.2, 0.25) is 0 Å². The number of hydrogen-bond donors (Lipinski definition) is 0. The highest BCUT2D eigenvalue weighted by Gasteiger charge is 2.34. The van der Waals surface area contributed by atoms with Crippen molar-refractivity contribution >= 4 is 17.2 Å². The predicted molar refractivity (Wildman–Crippen MR) is 90.8 cm³/mol. The van der Waals surface area contributed by atoms with Gasteiger partial charge in [0, 0.05) is 37.1 Å². The number of nitrogens with zero attached hydrogens (tertiary/aromatic N) is 5. The molecule has 25 heavy (non-hydrogen) atoms. The highest BCUT2D eigenvalue weighted by Crippen LogP contribution is 2.30. The van der Waals surface area contributed by atoms with E-state index in [0.29, 0.717) is 18.9 Å². The highest BCUT2D eigenvalue weighted by molar-refractivity contribution is 7.11. The first-order valence-corrected chi connectivity index (χ1v) is 8.87. The van der Waals surface area contributed by atoms with E-state index >= 15 is 0 Å². The van der Waals surface area contributed by atoms with E-state index in [-0.39, 0.29) is 5.82 Å². The lowest BCUT2D eigenvalue weighted by atomic mass is 10.3. The molecule has 0 atom stereocenters. The number of anilines is 1. The monoisotopic (exact) mass is 371 g/mol. The van der Waals surface area contributed by atoms with Crippen LogP contribution in [0.15, 0.2) is 6.07 Å². The Morgan fingerprint density at radius 2 is 1.72 bits per heavy atom. The predicted octanol–water partition coefficient (Wildman–Crippen LogP) is 3.20. The zero-order chi connectivity index (χ0) is 18.2. The quantitative estimate of drug-likeness (QED) is 0.829. The van der Waals surface area contributed by atoms with Crippen molar-refractivity contribution < 1.29 is 13.2 Å². The van der Waals surface area contributed by atoms with E-state index in [1.165, 1.54) is 11.8 Å². The molecule has 0 spiro atoms. The smallest absolute Gasteiger partial charge is 0.354 e. The molecule has 1 fully saturated rings. The molecule has 0 N–H and O–H groups in total. The summed E-state index contributed by atoms with van der Waals surface area (Å²) in [6, 6.07) is 1.04. The van der Waals surface area contributed by atoms with E-state index < -0.39 is 11.9 Å². The minimum atomic E-state index is -4.45. The Labute approximate surface area is 148 Å². The van der Waals surface area contributed by atoms with Crippen molar-refractivity contribution in [2.75, 3.05) is 31.1 Å². The molecule has 1 aliphatic rings. The lowest BCUT2D eigenvalue weighted by Gasteiger charge is -2.35. The molecule has 9 heteroatoms. The van der Waals surface area contributed by atoms with E-state index in [2.05, 4.69) is 26.8 Å². The number of aromatic nitrogens is 3. The summed E-state index contributed by atoms with van der Waals surface area (Å²) in [6.45, 7) is 9.14. The third kappa shape index (κ3) is 4.27. The lowest BCUT2D eigenvalue weighted by Crippen LogP contribution is -2.46. The van der Waals surface area contributed by atoms with Crippen LogP contribution in [0.5, 0.6) is 0 Å². The van der Waals surface area contributed by atoms with Gasteiger partial charge in [0.05, 0.1) is 12.2 Å². The van der Waals surface area contributed by atoms with Crippen LogP contribution in [0.25, 0.3) is 0 Å². The summed E-state index contributed by atoms with van der Waals surface area (Å²) in [4.78, 5) is 17.6. The van der Waals surface area contributed by atoms with Gasteiger partial charge in [-0.05, 0) is 20.8 Å². The zero-order valence-electron chi connectivity index (χ0n) is 14.4. The molecule has 2 aromatic heterocycles. The van der Waals surface area contributed by atoms with Gasteiger partial charge in [-0.1, -0.05) is 0 Å². The van der Waals surface area contributed by atoms with E-state index in [0.717, 1.165) is 36.4 Å². The van der Waals surface area contributed by atoms with Gasteiger partial charge >= 0.3 is 6.18 Å². The Morgan fingerprint density at radius 3 is 2.28 bits per heavy atom. The maximum Gasteiger partial charge on any atom is 0.433 e. The fraction of sp³-hybridized carbons (Fsp3) is 0.562. The molecule has 0 aliphatic carbocycles. The molecule has 0 bridgehead atoms. The Hall–Kier alpha value is -1.74. The second-order valence-electron chi connectivity index (χ2n) is 6.17. The molecule has 2 aromatic rings. The number of piperazine rings is 1. The van der Waals surface area contributed by atoms with Crippen molar-refractivity contribution in [3.8, 4) is 0 Å². The molecule has 3 rings (SSSR count). The topological polar surface area (TPSA) is 45.2 Å². The van der Waals surface area contributed by atoms with Crippen LogP contribution < -0.4 is 4.90 Å². The van der Waals surface area contributed by atoms with Crippen molar-refractivity contribution in [1.29, 1.82) is 0 Å². The summed E-state index contributed by atoms with van der Waals surface area (Å²) < 4.78 is 38.8. The van der Waals surface area contributed by atoms with E-state index in [1.54, 1.807) is 11.3 Å². The zero-order valence-corrected chi connectivity index (χ0v) is 15.2. The first-order valence-electron chi connectivity index (χ1n) is 8.05. The fourth-order valence-corrected chi connectivity index (χ4v) is 3.77. The first kappa shape index (κ1) is 18.1. The maximum absolute atomic E-state index is 12.9. The van der Waals surface area contributed by atoms with Crippen LogP contribution in [0.2, 0.25) is 0 Å². The van der Waals surface area contributed by atoms with Crippen LogP contribution in [0, 0.1) is 20.8 Å². The number of halogens is 3. The molecule has 136 valence electrons. The van der Waals surface area contributed by atoms with Crippen molar-refractivity contribution in [3.05, 3.63) is 33.2 Å². The summed E-state index contributed by atoms with van der Waals surface area (Å²) in [6.07, 6.45) is -4.45. The van der Waals surface area contributed by atoms with Gasteiger partial charge in [-0.2, -0.15) is 13.2 Å². The normalized spacial score (nSPS) is 16.5. The Morgan fingerprint density at radius 1 is 1.04 bits per heavy atom. The molecule has 0 amide bonds. The van der Waals surface area contributed by atoms with Crippen LogP contribution in [0.4, 0.5) is 19.0 Å². The SMILES string of the molecule is Cc1nc(N2CCN(Cc3nc(C)c(C)s3)CC2)cc(C(F)(F)F)n1. The number of hydrogen-bond acceptors (Lipinski definition) is 6. The fourth-order valence-electron chi connectivity index (χ4n) is 2.79. The van der Waals surface area contributed by atoms with Gasteiger partial charge in [-0.15, -0.1) is 11.3 Å². The molecule has 5 nitrogen and oxygen atoms in total. The van der Waals surface area contributed by atoms with Crippen molar-refractivity contribution in [3.63, 3.8) is 0 Å². The number of aryl methyl sites for hydroxylation is 3. The maximum atomic E-state index is 12.9. The van der Waals surface area contributed by atoms with Crippen molar-refractivity contribution in [1.82, 2.24) is 19.9 Å². The summed E-state index contributed by atoms with van der Waals surface area (Å²) in [7, 11) is 0. The van der Waals surface area contributed by atoms with Gasteiger partial charge in [0.15, 0.2) is 0 Å². The first-order chi connectivity index (χ1) is 11.7. The standard InChI is InChI=1S/C16H20F3N5S/c1-10-11(2)25-15(20-10)9-23-4-6-24(7-5-23)14-8-13(16(17,18)19)21-12(3)22-14/h8H,4-7,9H2,1-3H3. The lowest BCUT2D eigenvalue weighted by molar-refractivity contribution is -0.141. The Bertz CT molecular complexity index is 731. The molecule has 0 radical (unpaired) electrons. The van der Waals surface area contributed by atoms with Crippen LogP contribution >= 0.6 is 11.3 Å². The van der Waals surface area contributed by atoms with Crippen LogP contribution in [-0.2, 0) is 12.7 Å². The van der Waals surface area contributed by atoms with Gasteiger partial charge in [-0.3, -0.25) is 4.90 Å². The summed E-state index contributed by atoms with van der Waals surface area (Å²) >= 11 is 1.70. The third-order valence-electron chi connectivity index (χ3n) is 4.24. The van der Waals surface area contributed by atoms with Crippen LogP contribution in [0.3, 0.4) is 0 Å². The second kappa shape index (κ2) is 6.87. The largest absolute Gasteiger partial charge is 0.433 e. The average molecular weight is 371 g/mol. The minimum absolute atomic E-state index is 0.140. The number of thiazole rings is 1. The minimum Gasteiger partial charge on any atom is -0.354 e. The molecule has 0 saturated carbocycles.